The van der Waals surface area contributed by atoms with Crippen molar-refractivity contribution in [1.82, 2.24) is 4.90 Å². The first-order chi connectivity index (χ1) is 9.56. The summed E-state index contributed by atoms with van der Waals surface area (Å²) in [4.78, 5) is 15.7. The van der Waals surface area contributed by atoms with Gasteiger partial charge in [0.2, 0.25) is 0 Å². The van der Waals surface area contributed by atoms with Gasteiger partial charge in [-0.2, -0.15) is 0 Å². The van der Waals surface area contributed by atoms with Gasteiger partial charge < -0.3 is 15.7 Å². The molecule has 0 aliphatic carbocycles. The maximum Gasteiger partial charge on any atom is 0.337 e. The molecule has 1 saturated heterocycles. The highest BCUT2D eigenvalue weighted by Gasteiger charge is 2.26. The molecule has 0 spiro atoms. The van der Waals surface area contributed by atoms with Crippen molar-refractivity contribution in [2.75, 3.05) is 36.8 Å². The van der Waals surface area contributed by atoms with E-state index in [-0.39, 0.29) is 5.56 Å². The maximum atomic E-state index is 11.0. The van der Waals surface area contributed by atoms with E-state index in [0.717, 1.165) is 38.3 Å². The van der Waals surface area contributed by atoms with Gasteiger partial charge in [0.15, 0.2) is 0 Å². The van der Waals surface area contributed by atoms with Crippen molar-refractivity contribution in [3.05, 3.63) is 23.8 Å². The van der Waals surface area contributed by atoms with Gasteiger partial charge in [0.25, 0.3) is 0 Å². The third-order valence-electron chi connectivity index (χ3n) is 4.12. The Morgan fingerprint density at radius 1 is 1.45 bits per heavy atom. The van der Waals surface area contributed by atoms with Crippen LogP contribution in [0.4, 0.5) is 11.4 Å². The topological polar surface area (TPSA) is 69.8 Å². The number of hydrogen-bond acceptors (Lipinski definition) is 4. The molecule has 1 aromatic carbocycles. The summed E-state index contributed by atoms with van der Waals surface area (Å²) in [5, 5.41) is 9.00. The second-order valence-electron chi connectivity index (χ2n) is 5.19. The Balaban J connectivity index is 2.10. The van der Waals surface area contributed by atoms with Crippen LogP contribution in [0, 0.1) is 0 Å². The second kappa shape index (κ2) is 6.13. The van der Waals surface area contributed by atoms with Gasteiger partial charge in [-0.1, -0.05) is 13.8 Å². The lowest BCUT2D eigenvalue weighted by molar-refractivity contribution is 0.0698. The molecule has 0 radical (unpaired) electrons. The number of carboxylic acid groups (broad SMARTS) is 1. The maximum absolute atomic E-state index is 11.0. The Kier molecular flexibility index (Phi) is 4.49. The molecule has 1 atom stereocenters. The highest BCUT2D eigenvalue weighted by atomic mass is 16.4. The quantitative estimate of drug-likeness (QED) is 0.804. The molecule has 0 amide bonds. The van der Waals surface area contributed by atoms with Crippen LogP contribution in [0.3, 0.4) is 0 Å². The average Bonchev–Trinajstić information content (AvgIpc) is 2.89. The summed E-state index contributed by atoms with van der Waals surface area (Å²) >= 11 is 0. The van der Waals surface area contributed by atoms with Crippen LogP contribution in [0.2, 0.25) is 0 Å². The number of nitrogens with zero attached hydrogens (tertiary/aromatic N) is 2. The molecule has 3 N–H and O–H groups in total. The summed E-state index contributed by atoms with van der Waals surface area (Å²) in [6, 6.07) is 5.79. The van der Waals surface area contributed by atoms with Crippen LogP contribution < -0.4 is 10.6 Å². The zero-order valence-corrected chi connectivity index (χ0v) is 12.2. The fourth-order valence-electron chi connectivity index (χ4n) is 2.96. The minimum Gasteiger partial charge on any atom is -0.478 e. The standard InChI is InChI=1S/C15H23N3O2/c1-3-17(4-2)12-7-8-18(10-12)11-5-6-13(15(19)20)14(16)9-11/h5-6,9,12H,3-4,7-8,10,16H2,1-2H3,(H,19,20). The molecule has 1 aliphatic rings. The van der Waals surface area contributed by atoms with Gasteiger partial charge in [0, 0.05) is 30.5 Å². The van der Waals surface area contributed by atoms with Crippen molar-refractivity contribution in [2.24, 2.45) is 0 Å². The van der Waals surface area contributed by atoms with E-state index in [1.165, 1.54) is 0 Å². The number of likely N-dealkylation sites (N-methyl/N-ethyl adjacent to an activating group) is 1. The van der Waals surface area contributed by atoms with E-state index in [1.54, 1.807) is 12.1 Å². The van der Waals surface area contributed by atoms with Crippen molar-refractivity contribution in [1.29, 1.82) is 0 Å². The molecule has 110 valence electrons. The van der Waals surface area contributed by atoms with E-state index in [4.69, 9.17) is 10.8 Å². The van der Waals surface area contributed by atoms with Crippen molar-refractivity contribution in [2.45, 2.75) is 26.3 Å². The molecule has 0 saturated carbocycles. The van der Waals surface area contributed by atoms with Gasteiger partial charge in [-0.25, -0.2) is 4.79 Å². The Hall–Kier alpha value is -1.75. The van der Waals surface area contributed by atoms with E-state index >= 15 is 0 Å². The van der Waals surface area contributed by atoms with Crippen molar-refractivity contribution in [3.8, 4) is 0 Å². The SMILES string of the molecule is CCN(CC)C1CCN(c2ccc(C(=O)O)c(N)c2)C1. The van der Waals surface area contributed by atoms with Crippen LogP contribution in [0.5, 0.6) is 0 Å². The van der Waals surface area contributed by atoms with Gasteiger partial charge in [-0.15, -0.1) is 0 Å². The van der Waals surface area contributed by atoms with Gasteiger partial charge in [-0.3, -0.25) is 4.90 Å². The van der Waals surface area contributed by atoms with E-state index < -0.39 is 5.97 Å². The van der Waals surface area contributed by atoms with E-state index in [1.807, 2.05) is 6.07 Å². The number of aromatic carboxylic acids is 1. The van der Waals surface area contributed by atoms with Crippen LogP contribution in [0.1, 0.15) is 30.6 Å². The van der Waals surface area contributed by atoms with E-state index in [2.05, 4.69) is 23.6 Å². The third-order valence-corrected chi connectivity index (χ3v) is 4.12. The number of anilines is 2. The molecule has 1 fully saturated rings. The second-order valence-corrected chi connectivity index (χ2v) is 5.19. The zero-order valence-electron chi connectivity index (χ0n) is 12.2. The summed E-state index contributed by atoms with van der Waals surface area (Å²) in [5.74, 6) is -0.975. The number of benzene rings is 1. The molecule has 5 heteroatoms. The highest BCUT2D eigenvalue weighted by Crippen LogP contribution is 2.26. The van der Waals surface area contributed by atoms with Gasteiger partial charge >= 0.3 is 5.97 Å². The van der Waals surface area contributed by atoms with Gasteiger partial charge in [0.1, 0.15) is 0 Å². The highest BCUT2D eigenvalue weighted by molar-refractivity contribution is 5.94. The summed E-state index contributed by atoms with van der Waals surface area (Å²) in [6.45, 7) is 8.47. The zero-order chi connectivity index (χ0) is 14.7. The summed E-state index contributed by atoms with van der Waals surface area (Å²) in [7, 11) is 0. The lowest BCUT2D eigenvalue weighted by Gasteiger charge is -2.26. The molecule has 1 unspecified atom stereocenters. The Bertz CT molecular complexity index is 486. The minimum atomic E-state index is -0.975. The number of hydrogen-bond donors (Lipinski definition) is 2. The first kappa shape index (κ1) is 14.7. The molecule has 1 heterocycles. The van der Waals surface area contributed by atoms with Crippen LogP contribution in [0.25, 0.3) is 0 Å². The summed E-state index contributed by atoms with van der Waals surface area (Å²) < 4.78 is 0. The lowest BCUT2D eigenvalue weighted by Crippen LogP contribution is -2.37. The molecule has 1 aromatic rings. The Morgan fingerprint density at radius 3 is 2.70 bits per heavy atom. The number of nitrogen functional groups attached to an aromatic ring is 1. The number of nitrogens with two attached hydrogens (primary N) is 1. The lowest BCUT2D eigenvalue weighted by atomic mass is 10.1. The van der Waals surface area contributed by atoms with Crippen LogP contribution in [-0.4, -0.2) is 48.2 Å². The first-order valence-electron chi connectivity index (χ1n) is 7.18. The summed E-state index contributed by atoms with van der Waals surface area (Å²) in [6.07, 6.45) is 1.14. The van der Waals surface area contributed by atoms with E-state index in [9.17, 15) is 4.79 Å². The summed E-state index contributed by atoms with van der Waals surface area (Å²) in [5.41, 5.74) is 7.34. The predicted molar refractivity (Wildman–Crippen MR) is 81.4 cm³/mol. The number of carboxylic acids is 1. The van der Waals surface area contributed by atoms with Crippen molar-refractivity contribution in [3.63, 3.8) is 0 Å². The monoisotopic (exact) mass is 277 g/mol. The predicted octanol–water partition coefficient (Wildman–Crippen LogP) is 1.89. The van der Waals surface area contributed by atoms with Gasteiger partial charge in [-0.05, 0) is 37.7 Å². The van der Waals surface area contributed by atoms with Crippen LogP contribution >= 0.6 is 0 Å². The van der Waals surface area contributed by atoms with Crippen LogP contribution in [0.15, 0.2) is 18.2 Å². The molecule has 0 bridgehead atoms. The van der Waals surface area contributed by atoms with Gasteiger partial charge in [0.05, 0.1) is 5.56 Å². The molecular weight excluding hydrogens is 254 g/mol. The van der Waals surface area contributed by atoms with Crippen molar-refractivity contribution < 1.29 is 9.90 Å². The number of carbonyl (C=O) groups is 1. The Morgan fingerprint density at radius 2 is 2.15 bits per heavy atom. The fraction of sp³-hybridized carbons (Fsp3) is 0.533. The van der Waals surface area contributed by atoms with E-state index in [0.29, 0.717) is 11.7 Å². The van der Waals surface area contributed by atoms with Crippen molar-refractivity contribution >= 4 is 17.3 Å². The smallest absolute Gasteiger partial charge is 0.337 e. The molecular formula is C15H23N3O2. The van der Waals surface area contributed by atoms with Crippen LogP contribution in [-0.2, 0) is 0 Å². The number of rotatable bonds is 5. The molecule has 5 nitrogen and oxygen atoms in total. The average molecular weight is 277 g/mol. The molecule has 2 rings (SSSR count). The normalized spacial score (nSPS) is 18.8. The minimum absolute atomic E-state index is 0.174. The molecule has 1 aliphatic heterocycles. The molecule has 0 aromatic heterocycles. The fourth-order valence-corrected chi connectivity index (χ4v) is 2.96. The molecule has 20 heavy (non-hydrogen) atoms. The largest absolute Gasteiger partial charge is 0.478 e. The first-order valence-corrected chi connectivity index (χ1v) is 7.18. The third kappa shape index (κ3) is 2.88. The Labute approximate surface area is 120 Å².